The van der Waals surface area contributed by atoms with E-state index in [4.69, 9.17) is 5.11 Å². The van der Waals surface area contributed by atoms with E-state index >= 15 is 0 Å². The number of likely N-dealkylation sites (N-methyl/N-ethyl adjacent to an activating group) is 1. The first-order chi connectivity index (χ1) is 9.56. The monoisotopic (exact) mass is 272 g/mol. The second-order valence-corrected chi connectivity index (χ2v) is 4.93. The molecule has 0 radical (unpaired) electrons. The summed E-state index contributed by atoms with van der Waals surface area (Å²) in [4.78, 5) is 18.6. The Hall–Kier alpha value is -1.94. The van der Waals surface area contributed by atoms with Crippen LogP contribution in [0, 0.1) is 13.8 Å². The molecule has 0 atom stereocenters. The van der Waals surface area contributed by atoms with Crippen molar-refractivity contribution < 1.29 is 9.90 Å². The number of carbonyl (C=O) groups is 1. The Morgan fingerprint density at radius 3 is 2.70 bits per heavy atom. The number of benzene rings is 1. The van der Waals surface area contributed by atoms with Gasteiger partial charge in [-0.25, -0.2) is 0 Å². The van der Waals surface area contributed by atoms with Crippen molar-refractivity contribution in [1.82, 2.24) is 9.88 Å². The summed E-state index contributed by atoms with van der Waals surface area (Å²) in [5, 5.41) is 10.0. The van der Waals surface area contributed by atoms with Crippen LogP contribution in [0.2, 0.25) is 0 Å². The molecule has 0 bridgehead atoms. The third kappa shape index (κ3) is 2.80. The number of rotatable bonds is 4. The number of carbonyl (C=O) groups excluding carboxylic acids is 1. The molecule has 0 saturated heterocycles. The lowest BCUT2D eigenvalue weighted by Crippen LogP contribution is -2.33. The average molecular weight is 272 g/mol. The molecule has 1 heterocycles. The molecule has 106 valence electrons. The largest absolute Gasteiger partial charge is 0.395 e. The number of fused-ring (bicyclic) bond motifs is 1. The number of amides is 1. The highest BCUT2D eigenvalue weighted by Gasteiger charge is 2.17. The van der Waals surface area contributed by atoms with Crippen molar-refractivity contribution in [1.29, 1.82) is 0 Å². The predicted molar refractivity (Wildman–Crippen MR) is 79.9 cm³/mol. The number of aliphatic hydroxyl groups is 1. The van der Waals surface area contributed by atoms with E-state index in [9.17, 15) is 4.79 Å². The van der Waals surface area contributed by atoms with Crippen molar-refractivity contribution in [3.8, 4) is 0 Å². The van der Waals surface area contributed by atoms with E-state index in [2.05, 4.69) is 4.98 Å². The van der Waals surface area contributed by atoms with E-state index in [1.807, 2.05) is 45.0 Å². The van der Waals surface area contributed by atoms with Crippen LogP contribution >= 0.6 is 0 Å². The average Bonchev–Trinajstić information content (AvgIpc) is 2.43. The first-order valence-electron chi connectivity index (χ1n) is 6.85. The van der Waals surface area contributed by atoms with Gasteiger partial charge in [0.2, 0.25) is 0 Å². The van der Waals surface area contributed by atoms with Crippen LogP contribution in [0.4, 0.5) is 0 Å². The Morgan fingerprint density at radius 1 is 1.30 bits per heavy atom. The Labute approximate surface area is 119 Å². The van der Waals surface area contributed by atoms with E-state index in [0.29, 0.717) is 18.7 Å². The molecule has 0 spiro atoms. The maximum atomic E-state index is 12.5. The van der Waals surface area contributed by atoms with Gasteiger partial charge in [-0.1, -0.05) is 11.6 Å². The van der Waals surface area contributed by atoms with Gasteiger partial charge in [-0.05, 0) is 39.0 Å². The maximum Gasteiger partial charge on any atom is 0.255 e. The summed E-state index contributed by atoms with van der Waals surface area (Å²) in [6, 6.07) is 7.91. The van der Waals surface area contributed by atoms with Crippen LogP contribution in [0.1, 0.15) is 28.5 Å². The molecule has 2 rings (SSSR count). The molecule has 20 heavy (non-hydrogen) atoms. The van der Waals surface area contributed by atoms with Crippen LogP contribution in [0.5, 0.6) is 0 Å². The number of aryl methyl sites for hydroxylation is 2. The molecule has 4 heteroatoms. The number of hydrogen-bond donors (Lipinski definition) is 1. The molecule has 0 aliphatic heterocycles. The molecule has 0 aliphatic rings. The van der Waals surface area contributed by atoms with E-state index < -0.39 is 0 Å². The van der Waals surface area contributed by atoms with Crippen LogP contribution in [0.3, 0.4) is 0 Å². The lowest BCUT2D eigenvalue weighted by Gasteiger charge is -2.20. The van der Waals surface area contributed by atoms with Crippen molar-refractivity contribution in [2.24, 2.45) is 0 Å². The molecule has 1 amide bonds. The van der Waals surface area contributed by atoms with Gasteiger partial charge in [0, 0.05) is 18.5 Å². The topological polar surface area (TPSA) is 53.4 Å². The van der Waals surface area contributed by atoms with Crippen LogP contribution in [0.15, 0.2) is 24.3 Å². The normalized spacial score (nSPS) is 10.8. The van der Waals surface area contributed by atoms with Crippen molar-refractivity contribution in [2.75, 3.05) is 19.7 Å². The lowest BCUT2D eigenvalue weighted by molar-refractivity contribution is 0.0731. The van der Waals surface area contributed by atoms with Crippen LogP contribution in [0.25, 0.3) is 10.9 Å². The minimum Gasteiger partial charge on any atom is -0.395 e. The molecule has 0 saturated carbocycles. The summed E-state index contributed by atoms with van der Waals surface area (Å²) in [5.74, 6) is -0.0741. The van der Waals surface area contributed by atoms with Gasteiger partial charge in [0.15, 0.2) is 0 Å². The van der Waals surface area contributed by atoms with Gasteiger partial charge in [0.1, 0.15) is 0 Å². The summed E-state index contributed by atoms with van der Waals surface area (Å²) in [5.41, 5.74) is 3.38. The third-order valence-electron chi connectivity index (χ3n) is 3.43. The predicted octanol–water partition coefficient (Wildman–Crippen LogP) is 2.31. The summed E-state index contributed by atoms with van der Waals surface area (Å²) in [6.07, 6.45) is 0. The number of aliphatic hydroxyl groups excluding tert-OH is 1. The smallest absolute Gasteiger partial charge is 0.255 e. The second kappa shape index (κ2) is 6.01. The fourth-order valence-corrected chi connectivity index (χ4v) is 2.30. The molecule has 2 aromatic rings. The van der Waals surface area contributed by atoms with Gasteiger partial charge in [-0.3, -0.25) is 9.78 Å². The van der Waals surface area contributed by atoms with Crippen molar-refractivity contribution in [3.63, 3.8) is 0 Å². The van der Waals surface area contributed by atoms with Gasteiger partial charge in [0.25, 0.3) is 5.91 Å². The van der Waals surface area contributed by atoms with Crippen LogP contribution in [-0.4, -0.2) is 40.6 Å². The van der Waals surface area contributed by atoms with E-state index in [0.717, 1.165) is 22.2 Å². The highest BCUT2D eigenvalue weighted by atomic mass is 16.3. The standard InChI is InChI=1S/C16H20N2O2/c1-4-18(7-8-19)16(20)14-10-13-9-11(2)5-6-15(13)17-12(14)3/h5-6,9-10,19H,4,7-8H2,1-3H3. The quantitative estimate of drug-likeness (QED) is 0.929. The Kier molecular flexibility index (Phi) is 4.35. The van der Waals surface area contributed by atoms with Gasteiger partial charge < -0.3 is 10.0 Å². The Balaban J connectivity index is 2.47. The molecule has 4 nitrogen and oxygen atoms in total. The van der Waals surface area contributed by atoms with Crippen LogP contribution < -0.4 is 0 Å². The van der Waals surface area contributed by atoms with E-state index in [1.54, 1.807) is 4.90 Å². The van der Waals surface area contributed by atoms with Gasteiger partial charge in [0.05, 0.1) is 23.4 Å². The minimum atomic E-state index is -0.0741. The van der Waals surface area contributed by atoms with E-state index in [1.165, 1.54) is 0 Å². The Bertz CT molecular complexity index is 638. The summed E-state index contributed by atoms with van der Waals surface area (Å²) in [6.45, 7) is 6.66. The molecular weight excluding hydrogens is 252 g/mol. The molecule has 1 aromatic carbocycles. The summed E-state index contributed by atoms with van der Waals surface area (Å²) >= 11 is 0. The van der Waals surface area contributed by atoms with Crippen molar-refractivity contribution in [3.05, 3.63) is 41.1 Å². The van der Waals surface area contributed by atoms with Crippen molar-refractivity contribution in [2.45, 2.75) is 20.8 Å². The molecular formula is C16H20N2O2. The minimum absolute atomic E-state index is 0.0290. The number of nitrogens with zero attached hydrogens (tertiary/aromatic N) is 2. The van der Waals surface area contributed by atoms with Gasteiger partial charge in [-0.15, -0.1) is 0 Å². The lowest BCUT2D eigenvalue weighted by atomic mass is 10.1. The highest BCUT2D eigenvalue weighted by Crippen LogP contribution is 2.19. The zero-order valence-electron chi connectivity index (χ0n) is 12.2. The summed E-state index contributed by atoms with van der Waals surface area (Å²) in [7, 11) is 0. The highest BCUT2D eigenvalue weighted by molar-refractivity contribution is 5.98. The maximum absolute atomic E-state index is 12.5. The summed E-state index contributed by atoms with van der Waals surface area (Å²) < 4.78 is 0. The molecule has 1 aromatic heterocycles. The first-order valence-corrected chi connectivity index (χ1v) is 6.85. The molecule has 0 aliphatic carbocycles. The zero-order valence-corrected chi connectivity index (χ0v) is 12.2. The third-order valence-corrected chi connectivity index (χ3v) is 3.43. The Morgan fingerprint density at radius 2 is 2.05 bits per heavy atom. The number of hydrogen-bond acceptors (Lipinski definition) is 3. The SMILES string of the molecule is CCN(CCO)C(=O)c1cc2cc(C)ccc2nc1C. The van der Waals surface area contributed by atoms with E-state index in [-0.39, 0.29) is 12.5 Å². The second-order valence-electron chi connectivity index (χ2n) is 4.93. The van der Waals surface area contributed by atoms with Crippen molar-refractivity contribution >= 4 is 16.8 Å². The fourth-order valence-electron chi connectivity index (χ4n) is 2.30. The molecule has 0 unspecified atom stereocenters. The first kappa shape index (κ1) is 14.5. The van der Waals surface area contributed by atoms with Crippen LogP contribution in [-0.2, 0) is 0 Å². The molecule has 0 fully saturated rings. The van der Waals surface area contributed by atoms with Gasteiger partial charge >= 0.3 is 0 Å². The fraction of sp³-hybridized carbons (Fsp3) is 0.375. The zero-order chi connectivity index (χ0) is 14.7. The number of aromatic nitrogens is 1. The van der Waals surface area contributed by atoms with Gasteiger partial charge in [-0.2, -0.15) is 0 Å². The molecule has 1 N–H and O–H groups in total. The number of pyridine rings is 1.